The molecule has 1 aliphatic heterocycles. The van der Waals surface area contributed by atoms with Gasteiger partial charge in [-0.25, -0.2) is 9.97 Å². The van der Waals surface area contributed by atoms with Gasteiger partial charge in [0, 0.05) is 56.2 Å². The van der Waals surface area contributed by atoms with E-state index in [1.54, 1.807) is 11.8 Å². The van der Waals surface area contributed by atoms with Crippen LogP contribution in [0.3, 0.4) is 0 Å². The van der Waals surface area contributed by atoms with Crippen molar-refractivity contribution in [2.24, 2.45) is 7.05 Å². The summed E-state index contributed by atoms with van der Waals surface area (Å²) in [5.74, 6) is 4.11. The fourth-order valence-corrected chi connectivity index (χ4v) is 4.41. The molecule has 2 aromatic rings. The van der Waals surface area contributed by atoms with Gasteiger partial charge in [-0.3, -0.25) is 4.90 Å². The van der Waals surface area contributed by atoms with Crippen LogP contribution in [0.1, 0.15) is 57.9 Å². The lowest BCUT2D eigenvalue weighted by molar-refractivity contribution is 0.258. The summed E-state index contributed by atoms with van der Waals surface area (Å²) in [5, 5.41) is 9.37. The number of halogens is 1. The Hall–Kier alpha value is -1.38. The number of hydrogen-bond acceptors (Lipinski definition) is 7. The highest BCUT2D eigenvalue weighted by atomic mass is 35.5. The molecule has 1 saturated heterocycles. The van der Waals surface area contributed by atoms with Crippen LogP contribution in [0.2, 0.25) is 0 Å². The summed E-state index contributed by atoms with van der Waals surface area (Å²) in [6.45, 7) is 16.2. The van der Waals surface area contributed by atoms with Gasteiger partial charge in [0.25, 0.3) is 0 Å². The molecule has 0 aliphatic carbocycles. The quantitative estimate of drug-likeness (QED) is 0.431. The molecule has 174 valence electrons. The lowest BCUT2D eigenvalue weighted by Crippen LogP contribution is -2.47. The van der Waals surface area contributed by atoms with Crippen molar-refractivity contribution in [3.8, 4) is 0 Å². The van der Waals surface area contributed by atoms with Gasteiger partial charge in [-0.05, 0) is 26.3 Å². The molecule has 7 nitrogen and oxygen atoms in total. The van der Waals surface area contributed by atoms with Crippen molar-refractivity contribution in [2.45, 2.75) is 64.5 Å². The summed E-state index contributed by atoms with van der Waals surface area (Å²) in [5.41, 5.74) is 1.14. The van der Waals surface area contributed by atoms with Crippen LogP contribution in [-0.2, 0) is 18.9 Å². The average molecular weight is 468 g/mol. The van der Waals surface area contributed by atoms with E-state index in [1.807, 2.05) is 14.0 Å². The highest BCUT2D eigenvalue weighted by Crippen LogP contribution is 2.24. The minimum Gasteiger partial charge on any atom is -0.354 e. The molecule has 0 saturated carbocycles. The van der Waals surface area contributed by atoms with Crippen LogP contribution in [0.5, 0.6) is 0 Å². The SMILES string of the molecule is CCCc1cc(N2CCN(CCCSc3nnc(C)n3C)CC2)nc(C(C)(C)C)n1.Cl. The zero-order valence-electron chi connectivity index (χ0n) is 19.9. The van der Waals surface area contributed by atoms with Crippen LogP contribution in [0.4, 0.5) is 5.82 Å². The Morgan fingerprint density at radius 1 is 1.06 bits per heavy atom. The molecule has 0 aromatic carbocycles. The molecule has 1 fully saturated rings. The lowest BCUT2D eigenvalue weighted by atomic mass is 9.95. The third kappa shape index (κ3) is 7.05. The van der Waals surface area contributed by atoms with Gasteiger partial charge in [-0.1, -0.05) is 45.9 Å². The second-order valence-electron chi connectivity index (χ2n) is 9.16. The van der Waals surface area contributed by atoms with Gasteiger partial charge >= 0.3 is 0 Å². The van der Waals surface area contributed by atoms with E-state index < -0.39 is 0 Å². The number of aromatic nitrogens is 5. The van der Waals surface area contributed by atoms with E-state index in [1.165, 1.54) is 12.1 Å². The number of rotatable bonds is 8. The summed E-state index contributed by atoms with van der Waals surface area (Å²) in [6, 6.07) is 2.20. The van der Waals surface area contributed by atoms with Gasteiger partial charge in [-0.15, -0.1) is 22.6 Å². The van der Waals surface area contributed by atoms with Gasteiger partial charge < -0.3 is 9.47 Å². The minimum atomic E-state index is -0.0285. The number of nitrogens with zero attached hydrogens (tertiary/aromatic N) is 7. The smallest absolute Gasteiger partial charge is 0.190 e. The Bertz CT molecular complexity index is 826. The predicted molar refractivity (Wildman–Crippen MR) is 132 cm³/mol. The third-order valence-electron chi connectivity index (χ3n) is 5.54. The van der Waals surface area contributed by atoms with E-state index in [4.69, 9.17) is 9.97 Å². The minimum absolute atomic E-state index is 0. The number of aryl methyl sites for hydroxylation is 2. The highest BCUT2D eigenvalue weighted by Gasteiger charge is 2.23. The first kappa shape index (κ1) is 25.9. The highest BCUT2D eigenvalue weighted by molar-refractivity contribution is 7.99. The van der Waals surface area contributed by atoms with Crippen LogP contribution in [0.15, 0.2) is 11.2 Å². The number of piperazine rings is 1. The Morgan fingerprint density at radius 2 is 1.77 bits per heavy atom. The summed E-state index contributed by atoms with van der Waals surface area (Å²) in [7, 11) is 2.03. The molecule has 2 aromatic heterocycles. The van der Waals surface area contributed by atoms with Crippen molar-refractivity contribution in [2.75, 3.05) is 43.4 Å². The molecule has 31 heavy (non-hydrogen) atoms. The topological polar surface area (TPSA) is 63.0 Å². The van der Waals surface area contributed by atoms with E-state index in [9.17, 15) is 0 Å². The predicted octanol–water partition coefficient (Wildman–Crippen LogP) is 3.89. The van der Waals surface area contributed by atoms with Crippen molar-refractivity contribution in [1.29, 1.82) is 0 Å². The van der Waals surface area contributed by atoms with Crippen molar-refractivity contribution in [1.82, 2.24) is 29.6 Å². The monoisotopic (exact) mass is 467 g/mol. The maximum atomic E-state index is 4.93. The molecule has 9 heteroatoms. The van der Waals surface area contributed by atoms with Gasteiger partial charge in [0.2, 0.25) is 0 Å². The van der Waals surface area contributed by atoms with Crippen molar-refractivity contribution in [3.63, 3.8) is 0 Å². The van der Waals surface area contributed by atoms with Crippen molar-refractivity contribution >= 4 is 30.0 Å². The molecule has 0 spiro atoms. The van der Waals surface area contributed by atoms with E-state index >= 15 is 0 Å². The summed E-state index contributed by atoms with van der Waals surface area (Å²) >= 11 is 1.80. The van der Waals surface area contributed by atoms with Gasteiger partial charge in [0.15, 0.2) is 5.16 Å². The Kier molecular flexibility index (Phi) is 9.58. The molecule has 3 heterocycles. The van der Waals surface area contributed by atoms with Crippen molar-refractivity contribution < 1.29 is 0 Å². The largest absolute Gasteiger partial charge is 0.354 e. The third-order valence-corrected chi connectivity index (χ3v) is 6.65. The molecular formula is C22H38ClN7S. The lowest BCUT2D eigenvalue weighted by Gasteiger charge is -2.36. The first-order chi connectivity index (χ1) is 14.3. The number of thioether (sulfide) groups is 1. The molecule has 0 N–H and O–H groups in total. The Morgan fingerprint density at radius 3 is 2.35 bits per heavy atom. The fourth-order valence-electron chi connectivity index (χ4n) is 3.53. The Labute approximate surface area is 197 Å². The normalized spacial score (nSPS) is 15.2. The first-order valence-electron chi connectivity index (χ1n) is 11.1. The van der Waals surface area contributed by atoms with Gasteiger partial charge in [-0.2, -0.15) is 0 Å². The zero-order valence-corrected chi connectivity index (χ0v) is 21.5. The zero-order chi connectivity index (χ0) is 21.7. The van der Waals surface area contributed by atoms with E-state index in [2.05, 4.69) is 58.3 Å². The molecule has 1 aliphatic rings. The van der Waals surface area contributed by atoms with E-state index in [-0.39, 0.29) is 17.8 Å². The number of hydrogen-bond donors (Lipinski definition) is 0. The van der Waals surface area contributed by atoms with E-state index in [0.717, 1.165) is 73.9 Å². The van der Waals surface area contributed by atoms with Crippen LogP contribution in [-0.4, -0.2) is 68.1 Å². The Balaban J connectivity index is 0.00000341. The summed E-state index contributed by atoms with van der Waals surface area (Å²) in [6.07, 6.45) is 3.29. The summed E-state index contributed by atoms with van der Waals surface area (Å²) < 4.78 is 2.06. The van der Waals surface area contributed by atoms with Crippen LogP contribution in [0.25, 0.3) is 0 Å². The van der Waals surface area contributed by atoms with Gasteiger partial charge in [0.1, 0.15) is 17.5 Å². The molecule has 0 radical (unpaired) electrons. The van der Waals surface area contributed by atoms with E-state index in [0.29, 0.717) is 0 Å². The van der Waals surface area contributed by atoms with Crippen LogP contribution in [0, 0.1) is 6.92 Å². The van der Waals surface area contributed by atoms with Gasteiger partial charge in [0.05, 0.1) is 0 Å². The molecule has 0 bridgehead atoms. The second kappa shape index (κ2) is 11.5. The molecule has 0 amide bonds. The molecule has 3 rings (SSSR count). The second-order valence-corrected chi connectivity index (χ2v) is 10.2. The molecule has 0 atom stereocenters. The van der Waals surface area contributed by atoms with Crippen molar-refractivity contribution in [3.05, 3.63) is 23.4 Å². The standard InChI is InChI=1S/C22H37N7S.ClH/c1-7-9-18-16-19(24-20(23-18)22(3,4)5)29-13-11-28(12-14-29)10-8-15-30-21-26-25-17(2)27(21)6;/h16H,7-15H2,1-6H3;1H. The average Bonchev–Trinajstić information content (AvgIpc) is 3.03. The molecular weight excluding hydrogens is 430 g/mol. The maximum Gasteiger partial charge on any atom is 0.190 e. The first-order valence-corrected chi connectivity index (χ1v) is 12.1. The number of anilines is 1. The fraction of sp³-hybridized carbons (Fsp3) is 0.727. The van der Waals surface area contributed by atoms with Crippen LogP contribution < -0.4 is 4.90 Å². The maximum absolute atomic E-state index is 4.93. The summed E-state index contributed by atoms with van der Waals surface area (Å²) in [4.78, 5) is 14.8. The van der Waals surface area contributed by atoms with Crippen LogP contribution >= 0.6 is 24.2 Å². The molecule has 0 unspecified atom stereocenters.